The second kappa shape index (κ2) is 11.4. The van der Waals surface area contributed by atoms with Gasteiger partial charge in [0, 0.05) is 11.1 Å². The monoisotopic (exact) mass is 410 g/mol. The molecule has 1 fully saturated rings. The van der Waals surface area contributed by atoms with Gasteiger partial charge in [-0.2, -0.15) is 0 Å². The fourth-order valence-electron chi connectivity index (χ4n) is 3.90. The zero-order valence-electron chi connectivity index (χ0n) is 18.1. The van der Waals surface area contributed by atoms with Crippen molar-refractivity contribution in [3.63, 3.8) is 0 Å². The number of rotatable bonds is 7. The molecule has 0 N–H and O–H groups in total. The molecule has 1 aliphatic rings. The van der Waals surface area contributed by atoms with Gasteiger partial charge in [-0.1, -0.05) is 73.6 Å². The molecule has 1 aliphatic carbocycles. The lowest BCUT2D eigenvalue weighted by Gasteiger charge is -2.21. The second-order valence-corrected chi connectivity index (χ2v) is 8.15. The topological polar surface area (TPSA) is 18.5 Å². The van der Waals surface area contributed by atoms with Crippen LogP contribution in [-0.4, -0.2) is 12.9 Å². The Labute approximate surface area is 186 Å². The molecule has 0 aromatic heterocycles. The smallest absolute Gasteiger partial charge is 0.189 e. The molecule has 0 aliphatic heterocycles. The van der Waals surface area contributed by atoms with Gasteiger partial charge in [-0.15, -0.1) is 0 Å². The van der Waals surface area contributed by atoms with Crippen LogP contribution in [0.2, 0.25) is 0 Å². The molecule has 3 aromatic rings. The van der Waals surface area contributed by atoms with Gasteiger partial charge in [-0.3, -0.25) is 0 Å². The van der Waals surface area contributed by atoms with Crippen molar-refractivity contribution < 1.29 is 9.47 Å². The summed E-state index contributed by atoms with van der Waals surface area (Å²) in [5.41, 5.74) is 4.73. The predicted molar refractivity (Wildman–Crippen MR) is 126 cm³/mol. The van der Waals surface area contributed by atoms with E-state index in [0.717, 1.165) is 42.6 Å². The van der Waals surface area contributed by atoms with Crippen molar-refractivity contribution in [3.05, 3.63) is 101 Å². The fraction of sp³-hybridized carbons (Fsp3) is 0.310. The number of benzene rings is 3. The Bertz CT molecular complexity index is 973. The Balaban J connectivity index is 1.24. The second-order valence-electron chi connectivity index (χ2n) is 8.15. The Morgan fingerprint density at radius 3 is 1.87 bits per heavy atom. The summed E-state index contributed by atoms with van der Waals surface area (Å²) in [5.74, 6) is 7.31. The van der Waals surface area contributed by atoms with Crippen molar-refractivity contribution in [2.24, 2.45) is 0 Å². The fourth-order valence-corrected chi connectivity index (χ4v) is 3.90. The molecule has 0 radical (unpaired) electrons. The normalized spacial score (nSPS) is 13.9. The van der Waals surface area contributed by atoms with E-state index in [1.54, 1.807) is 0 Å². The molecular formula is C29H30O2. The third kappa shape index (κ3) is 7.02. The summed E-state index contributed by atoms with van der Waals surface area (Å²) in [7, 11) is 0. The van der Waals surface area contributed by atoms with Gasteiger partial charge < -0.3 is 9.47 Å². The van der Waals surface area contributed by atoms with Crippen molar-refractivity contribution in [3.8, 4) is 17.6 Å². The molecular weight excluding hydrogens is 380 g/mol. The van der Waals surface area contributed by atoms with E-state index in [1.807, 2.05) is 24.3 Å². The van der Waals surface area contributed by atoms with E-state index in [2.05, 4.69) is 66.4 Å². The minimum absolute atomic E-state index is 0.326. The molecule has 0 bridgehead atoms. The van der Waals surface area contributed by atoms with Crippen LogP contribution in [0.4, 0.5) is 0 Å². The molecule has 0 atom stereocenters. The molecule has 2 heteroatoms. The Morgan fingerprint density at radius 1 is 0.645 bits per heavy atom. The molecule has 31 heavy (non-hydrogen) atoms. The first-order valence-electron chi connectivity index (χ1n) is 11.3. The van der Waals surface area contributed by atoms with E-state index in [9.17, 15) is 0 Å². The maximum absolute atomic E-state index is 5.82. The van der Waals surface area contributed by atoms with E-state index in [-0.39, 0.29) is 0 Å². The van der Waals surface area contributed by atoms with Gasteiger partial charge in [0.15, 0.2) is 6.79 Å². The molecule has 0 unspecified atom stereocenters. The lowest BCUT2D eigenvalue weighted by atomic mass is 9.98. The molecule has 2 nitrogen and oxygen atoms in total. The lowest BCUT2D eigenvalue weighted by molar-refractivity contribution is -0.0496. The van der Waals surface area contributed by atoms with Gasteiger partial charge in [0.1, 0.15) is 5.75 Å². The molecule has 158 valence electrons. The molecule has 3 aromatic carbocycles. The third-order valence-corrected chi connectivity index (χ3v) is 5.79. The maximum Gasteiger partial charge on any atom is 0.189 e. The minimum atomic E-state index is 0.326. The van der Waals surface area contributed by atoms with Crippen molar-refractivity contribution in [1.82, 2.24) is 0 Å². The Hall–Kier alpha value is -3.02. The predicted octanol–water partition coefficient (Wildman–Crippen LogP) is 6.56. The van der Waals surface area contributed by atoms with Crippen LogP contribution >= 0.6 is 0 Å². The number of hydrogen-bond donors (Lipinski definition) is 0. The highest BCUT2D eigenvalue weighted by Crippen LogP contribution is 2.20. The highest BCUT2D eigenvalue weighted by molar-refractivity contribution is 5.44. The zero-order chi connectivity index (χ0) is 21.1. The standard InChI is InChI=1S/C29H30O2/c1-3-7-24(8-4-1)11-12-25-13-15-26(16-14-25)17-18-27-19-21-29(22-20-27)31-23-30-28-9-5-2-6-10-28/h1,3-4,7-8,13-16,19-22,28H,2,5-6,9-12,23H2. The van der Waals surface area contributed by atoms with Crippen molar-refractivity contribution >= 4 is 0 Å². The van der Waals surface area contributed by atoms with Gasteiger partial charge in [0.05, 0.1) is 6.10 Å². The van der Waals surface area contributed by atoms with Crippen LogP contribution in [0.15, 0.2) is 78.9 Å². The lowest BCUT2D eigenvalue weighted by Crippen LogP contribution is -2.19. The number of hydrogen-bond acceptors (Lipinski definition) is 2. The third-order valence-electron chi connectivity index (χ3n) is 5.79. The first kappa shape index (κ1) is 21.2. The van der Waals surface area contributed by atoms with Crippen LogP contribution in [0.25, 0.3) is 0 Å². The van der Waals surface area contributed by atoms with Gasteiger partial charge in [-0.25, -0.2) is 0 Å². The van der Waals surface area contributed by atoms with Gasteiger partial charge in [0.25, 0.3) is 0 Å². The molecule has 0 spiro atoms. The summed E-state index contributed by atoms with van der Waals surface area (Å²) in [4.78, 5) is 0. The summed E-state index contributed by atoms with van der Waals surface area (Å²) in [6.07, 6.45) is 8.67. The van der Waals surface area contributed by atoms with Crippen LogP contribution in [0.5, 0.6) is 5.75 Å². The quantitative estimate of drug-likeness (QED) is 0.324. The molecule has 4 rings (SSSR count). The summed E-state index contributed by atoms with van der Waals surface area (Å²) in [6, 6.07) is 27.1. The van der Waals surface area contributed by atoms with Gasteiger partial charge in [0.2, 0.25) is 0 Å². The zero-order valence-corrected chi connectivity index (χ0v) is 18.1. The Kier molecular flexibility index (Phi) is 7.80. The van der Waals surface area contributed by atoms with Gasteiger partial charge in [-0.05, 0) is 73.2 Å². The van der Waals surface area contributed by atoms with E-state index in [1.165, 1.54) is 30.4 Å². The molecule has 0 amide bonds. The Morgan fingerprint density at radius 2 is 1.23 bits per heavy atom. The van der Waals surface area contributed by atoms with Crippen LogP contribution < -0.4 is 4.74 Å². The molecule has 0 heterocycles. The average molecular weight is 411 g/mol. The van der Waals surface area contributed by atoms with E-state index in [4.69, 9.17) is 9.47 Å². The summed E-state index contributed by atoms with van der Waals surface area (Å²) in [6.45, 7) is 0.326. The van der Waals surface area contributed by atoms with Crippen LogP contribution in [-0.2, 0) is 17.6 Å². The van der Waals surface area contributed by atoms with Crippen LogP contribution in [0.3, 0.4) is 0 Å². The van der Waals surface area contributed by atoms with Crippen LogP contribution in [0, 0.1) is 11.8 Å². The first-order chi connectivity index (χ1) is 15.3. The largest absolute Gasteiger partial charge is 0.468 e. The van der Waals surface area contributed by atoms with Crippen LogP contribution in [0.1, 0.15) is 54.4 Å². The summed E-state index contributed by atoms with van der Waals surface area (Å²) in [5, 5.41) is 0. The van der Waals surface area contributed by atoms with Crippen molar-refractivity contribution in [2.75, 3.05) is 6.79 Å². The molecule has 1 saturated carbocycles. The van der Waals surface area contributed by atoms with E-state index < -0.39 is 0 Å². The van der Waals surface area contributed by atoms with E-state index >= 15 is 0 Å². The van der Waals surface area contributed by atoms with Crippen molar-refractivity contribution in [2.45, 2.75) is 51.0 Å². The van der Waals surface area contributed by atoms with Gasteiger partial charge >= 0.3 is 0 Å². The summed E-state index contributed by atoms with van der Waals surface area (Å²) >= 11 is 0. The summed E-state index contributed by atoms with van der Waals surface area (Å²) < 4.78 is 11.5. The number of ether oxygens (including phenoxy) is 2. The van der Waals surface area contributed by atoms with E-state index in [0.29, 0.717) is 12.9 Å². The minimum Gasteiger partial charge on any atom is -0.468 e. The first-order valence-corrected chi connectivity index (χ1v) is 11.3. The van der Waals surface area contributed by atoms with Crippen molar-refractivity contribution in [1.29, 1.82) is 0 Å². The molecule has 0 saturated heterocycles. The maximum atomic E-state index is 5.82. The average Bonchev–Trinajstić information content (AvgIpc) is 2.84. The highest BCUT2D eigenvalue weighted by Gasteiger charge is 2.13. The highest BCUT2D eigenvalue weighted by atomic mass is 16.7. The SMILES string of the molecule is C(#Cc1ccc(OCOC2CCCCC2)cc1)c1ccc(CCc2ccccc2)cc1. The number of aryl methyl sites for hydroxylation is 2.